The van der Waals surface area contributed by atoms with Gasteiger partial charge in [-0.05, 0) is 31.9 Å². The molecule has 0 bridgehead atoms. The van der Waals surface area contributed by atoms with Gasteiger partial charge < -0.3 is 5.73 Å². The molecule has 2 N–H and O–H groups in total. The largest absolute Gasteiger partial charge is 0.382 e. The molecule has 0 radical (unpaired) electrons. The molecule has 18 heavy (non-hydrogen) atoms. The summed E-state index contributed by atoms with van der Waals surface area (Å²) in [5.41, 5.74) is 10.6. The fraction of sp³-hybridized carbons (Fsp3) is 0.231. The van der Waals surface area contributed by atoms with Crippen LogP contribution in [0.4, 0.5) is 5.82 Å². The summed E-state index contributed by atoms with van der Waals surface area (Å²) in [6.07, 6.45) is 1.74. The first-order valence-corrected chi connectivity index (χ1v) is 6.56. The fourth-order valence-corrected chi connectivity index (χ4v) is 3.40. The van der Waals surface area contributed by atoms with Crippen LogP contribution in [0.1, 0.15) is 16.7 Å². The molecule has 0 saturated heterocycles. The lowest BCUT2D eigenvalue weighted by atomic mass is 10.0. The van der Waals surface area contributed by atoms with Gasteiger partial charge in [0.2, 0.25) is 4.96 Å². The summed E-state index contributed by atoms with van der Waals surface area (Å²) in [5.74, 6) is 0.512. The molecule has 0 fully saturated rings. The molecule has 0 spiro atoms. The summed E-state index contributed by atoms with van der Waals surface area (Å²) in [7, 11) is 0. The van der Waals surface area contributed by atoms with E-state index in [1.165, 1.54) is 22.3 Å². The molecule has 2 heterocycles. The van der Waals surface area contributed by atoms with Crippen molar-refractivity contribution in [1.29, 1.82) is 0 Å². The minimum Gasteiger partial charge on any atom is -0.382 e. The van der Waals surface area contributed by atoms with Crippen LogP contribution in [0.5, 0.6) is 0 Å². The van der Waals surface area contributed by atoms with E-state index in [0.717, 1.165) is 9.97 Å². The molecule has 0 saturated carbocycles. The molecular weight excluding hydrogens is 244 g/mol. The SMILES string of the molecule is Cc1cc(C)c(-c2nn3cc(N)nc3s2)c(C)c1. The second kappa shape index (κ2) is 3.81. The zero-order valence-electron chi connectivity index (χ0n) is 10.6. The van der Waals surface area contributed by atoms with E-state index >= 15 is 0 Å². The van der Waals surface area contributed by atoms with Crippen LogP contribution in [0.3, 0.4) is 0 Å². The second-order valence-corrected chi connectivity index (χ2v) is 5.53. The van der Waals surface area contributed by atoms with Crippen molar-refractivity contribution in [3.05, 3.63) is 35.0 Å². The number of nitrogens with zero attached hydrogens (tertiary/aromatic N) is 3. The van der Waals surface area contributed by atoms with E-state index in [2.05, 4.69) is 43.0 Å². The number of hydrogen-bond acceptors (Lipinski definition) is 4. The standard InChI is InChI=1S/C13H14N4S/c1-7-4-8(2)11(9(3)5-7)12-16-17-6-10(14)15-13(17)18-12/h4-6H,14H2,1-3H3. The van der Waals surface area contributed by atoms with E-state index in [1.54, 1.807) is 22.0 Å². The van der Waals surface area contributed by atoms with Crippen molar-refractivity contribution in [3.8, 4) is 10.6 Å². The maximum absolute atomic E-state index is 5.64. The summed E-state index contributed by atoms with van der Waals surface area (Å²) in [5, 5.41) is 5.54. The maximum Gasteiger partial charge on any atom is 0.214 e. The van der Waals surface area contributed by atoms with E-state index in [1.807, 2.05) is 0 Å². The predicted octanol–water partition coefficient (Wildman–Crippen LogP) is 2.97. The second-order valence-electron chi connectivity index (χ2n) is 4.57. The summed E-state index contributed by atoms with van der Waals surface area (Å²) in [6, 6.07) is 4.36. The number of imidazole rings is 1. The molecule has 92 valence electrons. The summed E-state index contributed by atoms with van der Waals surface area (Å²) < 4.78 is 1.74. The zero-order chi connectivity index (χ0) is 12.9. The Labute approximate surface area is 109 Å². The van der Waals surface area contributed by atoms with Crippen LogP contribution in [0, 0.1) is 20.8 Å². The minimum atomic E-state index is 0.512. The molecule has 3 rings (SSSR count). The smallest absolute Gasteiger partial charge is 0.214 e. The maximum atomic E-state index is 5.64. The van der Waals surface area contributed by atoms with E-state index in [0.29, 0.717) is 5.82 Å². The number of fused-ring (bicyclic) bond motifs is 1. The summed E-state index contributed by atoms with van der Waals surface area (Å²) >= 11 is 1.57. The van der Waals surface area contributed by atoms with Gasteiger partial charge in [-0.1, -0.05) is 29.0 Å². The average molecular weight is 258 g/mol. The van der Waals surface area contributed by atoms with Crippen LogP contribution < -0.4 is 5.73 Å². The number of aromatic nitrogens is 3. The van der Waals surface area contributed by atoms with E-state index < -0.39 is 0 Å². The number of benzene rings is 1. The number of rotatable bonds is 1. The van der Waals surface area contributed by atoms with Crippen molar-refractivity contribution >= 4 is 22.1 Å². The van der Waals surface area contributed by atoms with Gasteiger partial charge in [-0.3, -0.25) is 0 Å². The first kappa shape index (κ1) is 11.2. The van der Waals surface area contributed by atoms with Crippen molar-refractivity contribution in [2.45, 2.75) is 20.8 Å². The monoisotopic (exact) mass is 258 g/mol. The minimum absolute atomic E-state index is 0.512. The van der Waals surface area contributed by atoms with Gasteiger partial charge in [0, 0.05) is 5.56 Å². The highest BCUT2D eigenvalue weighted by atomic mass is 32.1. The molecule has 0 aliphatic heterocycles. The number of hydrogen-bond donors (Lipinski definition) is 1. The van der Waals surface area contributed by atoms with Gasteiger partial charge in [-0.15, -0.1) is 0 Å². The number of nitrogen functional groups attached to an aromatic ring is 1. The highest BCUT2D eigenvalue weighted by molar-refractivity contribution is 7.19. The van der Waals surface area contributed by atoms with Crippen molar-refractivity contribution in [1.82, 2.24) is 14.6 Å². The summed E-state index contributed by atoms with van der Waals surface area (Å²) in [6.45, 7) is 6.35. The normalized spacial score (nSPS) is 11.3. The average Bonchev–Trinajstić information content (AvgIpc) is 2.72. The van der Waals surface area contributed by atoms with E-state index in [9.17, 15) is 0 Å². The Balaban J connectivity index is 2.22. The van der Waals surface area contributed by atoms with Gasteiger partial charge in [0.25, 0.3) is 0 Å². The number of nitrogens with two attached hydrogens (primary N) is 1. The quantitative estimate of drug-likeness (QED) is 0.730. The van der Waals surface area contributed by atoms with E-state index in [4.69, 9.17) is 5.73 Å². The predicted molar refractivity (Wildman–Crippen MR) is 74.9 cm³/mol. The molecule has 0 aliphatic carbocycles. The Morgan fingerprint density at radius 3 is 2.44 bits per heavy atom. The number of aryl methyl sites for hydroxylation is 3. The Kier molecular flexibility index (Phi) is 2.38. The van der Waals surface area contributed by atoms with Crippen LogP contribution in [0.15, 0.2) is 18.3 Å². The van der Waals surface area contributed by atoms with Crippen LogP contribution in [0.25, 0.3) is 15.5 Å². The van der Waals surface area contributed by atoms with Gasteiger partial charge in [-0.25, -0.2) is 9.50 Å². The van der Waals surface area contributed by atoms with Gasteiger partial charge in [-0.2, -0.15) is 5.10 Å². The molecule has 5 heteroatoms. The Morgan fingerprint density at radius 2 is 1.83 bits per heavy atom. The molecule has 2 aromatic heterocycles. The zero-order valence-corrected chi connectivity index (χ0v) is 11.4. The fourth-order valence-electron chi connectivity index (χ4n) is 2.34. The molecule has 3 aromatic rings. The number of anilines is 1. The van der Waals surface area contributed by atoms with E-state index in [-0.39, 0.29) is 0 Å². The lowest BCUT2D eigenvalue weighted by molar-refractivity contribution is 0.977. The lowest BCUT2D eigenvalue weighted by Crippen LogP contribution is -1.91. The van der Waals surface area contributed by atoms with Crippen LogP contribution >= 0.6 is 11.3 Å². The lowest BCUT2D eigenvalue weighted by Gasteiger charge is -2.07. The van der Waals surface area contributed by atoms with Crippen molar-refractivity contribution in [2.24, 2.45) is 0 Å². The molecule has 0 amide bonds. The third-order valence-electron chi connectivity index (χ3n) is 2.95. The van der Waals surface area contributed by atoms with Crippen LogP contribution in [0.2, 0.25) is 0 Å². The van der Waals surface area contributed by atoms with Gasteiger partial charge in [0.15, 0.2) is 0 Å². The Hall–Kier alpha value is -1.88. The molecule has 0 aliphatic rings. The summed E-state index contributed by atoms with van der Waals surface area (Å²) in [4.78, 5) is 5.07. The Bertz CT molecular complexity index is 684. The third kappa shape index (κ3) is 1.67. The van der Waals surface area contributed by atoms with Gasteiger partial charge in [0.1, 0.15) is 10.8 Å². The van der Waals surface area contributed by atoms with Crippen molar-refractivity contribution in [2.75, 3.05) is 5.73 Å². The molecule has 0 atom stereocenters. The first-order valence-electron chi connectivity index (χ1n) is 5.74. The molecule has 4 nitrogen and oxygen atoms in total. The highest BCUT2D eigenvalue weighted by Gasteiger charge is 2.13. The topological polar surface area (TPSA) is 56.2 Å². The highest BCUT2D eigenvalue weighted by Crippen LogP contribution is 2.31. The third-order valence-corrected chi connectivity index (χ3v) is 3.89. The van der Waals surface area contributed by atoms with Crippen molar-refractivity contribution < 1.29 is 0 Å². The first-order chi connectivity index (χ1) is 8.54. The van der Waals surface area contributed by atoms with Crippen LogP contribution in [-0.2, 0) is 0 Å². The van der Waals surface area contributed by atoms with Crippen LogP contribution in [-0.4, -0.2) is 14.6 Å². The van der Waals surface area contributed by atoms with Crippen molar-refractivity contribution in [3.63, 3.8) is 0 Å². The van der Waals surface area contributed by atoms with Gasteiger partial charge in [0.05, 0.1) is 6.20 Å². The molecule has 0 unspecified atom stereocenters. The molecular formula is C13H14N4S. The molecule has 1 aromatic carbocycles. The van der Waals surface area contributed by atoms with Gasteiger partial charge >= 0.3 is 0 Å². The Morgan fingerprint density at radius 1 is 1.17 bits per heavy atom.